The maximum Gasteiger partial charge on any atom is 0.324 e. The van der Waals surface area contributed by atoms with Gasteiger partial charge in [-0.2, -0.15) is 9.97 Å². The summed E-state index contributed by atoms with van der Waals surface area (Å²) < 4.78 is 15.9. The smallest absolute Gasteiger partial charge is 0.324 e. The Labute approximate surface area is 99.5 Å². The lowest BCUT2D eigenvalue weighted by Crippen LogP contribution is -2.17. The average Bonchev–Trinajstić information content (AvgIpc) is 2.89. The Morgan fingerprint density at radius 2 is 2.18 bits per heavy atom. The Morgan fingerprint density at radius 1 is 1.35 bits per heavy atom. The summed E-state index contributed by atoms with van der Waals surface area (Å²) in [4.78, 5) is 12.1. The van der Waals surface area contributed by atoms with E-state index in [1.807, 2.05) is 0 Å². The number of hydrogen-bond acceptors (Lipinski definition) is 7. The molecule has 1 unspecified atom stereocenters. The minimum atomic E-state index is 0.135. The molecule has 1 aliphatic rings. The Balaban J connectivity index is 1.98. The van der Waals surface area contributed by atoms with Crippen LogP contribution in [0.2, 0.25) is 0 Å². The number of nitrogens with one attached hydrogen (secondary N) is 1. The van der Waals surface area contributed by atoms with Crippen molar-refractivity contribution in [1.82, 2.24) is 15.0 Å². The van der Waals surface area contributed by atoms with Crippen LogP contribution in [0.25, 0.3) is 0 Å². The molecule has 7 heteroatoms. The second kappa shape index (κ2) is 5.62. The van der Waals surface area contributed by atoms with E-state index in [1.165, 1.54) is 7.11 Å². The summed E-state index contributed by atoms with van der Waals surface area (Å²) in [7, 11) is 3.22. The zero-order valence-corrected chi connectivity index (χ0v) is 9.97. The second-order valence-corrected chi connectivity index (χ2v) is 3.62. The highest BCUT2D eigenvalue weighted by molar-refractivity contribution is 5.26. The summed E-state index contributed by atoms with van der Waals surface area (Å²) in [5.41, 5.74) is 0. The zero-order valence-electron chi connectivity index (χ0n) is 9.97. The molecule has 0 aliphatic carbocycles. The first kappa shape index (κ1) is 11.8. The van der Waals surface area contributed by atoms with E-state index in [2.05, 4.69) is 20.3 Å². The highest BCUT2D eigenvalue weighted by atomic mass is 16.5. The molecule has 1 aliphatic heterocycles. The fourth-order valence-corrected chi connectivity index (χ4v) is 1.55. The zero-order chi connectivity index (χ0) is 12.1. The van der Waals surface area contributed by atoms with Gasteiger partial charge in [0.15, 0.2) is 0 Å². The minimum absolute atomic E-state index is 0.135. The summed E-state index contributed by atoms with van der Waals surface area (Å²) in [5, 5.41) is 2.82. The van der Waals surface area contributed by atoms with Crippen molar-refractivity contribution in [2.24, 2.45) is 0 Å². The van der Waals surface area contributed by atoms with E-state index >= 15 is 0 Å². The summed E-state index contributed by atoms with van der Waals surface area (Å²) in [6.45, 7) is 1.26. The van der Waals surface area contributed by atoms with Crippen LogP contribution in [0, 0.1) is 0 Å². The number of methoxy groups -OCH3 is 1. The Hall–Kier alpha value is -1.63. The fourth-order valence-electron chi connectivity index (χ4n) is 1.55. The number of aromatic nitrogens is 3. The largest absolute Gasteiger partial charge is 0.467 e. The molecule has 7 nitrogen and oxygen atoms in total. The van der Waals surface area contributed by atoms with Crippen LogP contribution in [0.15, 0.2) is 0 Å². The maximum atomic E-state index is 5.47. The van der Waals surface area contributed by atoms with Crippen molar-refractivity contribution in [3.8, 4) is 12.0 Å². The van der Waals surface area contributed by atoms with Gasteiger partial charge < -0.3 is 19.5 Å². The van der Waals surface area contributed by atoms with Gasteiger partial charge in [-0.05, 0) is 12.8 Å². The van der Waals surface area contributed by atoms with Crippen molar-refractivity contribution < 1.29 is 14.2 Å². The van der Waals surface area contributed by atoms with Crippen LogP contribution in [0.3, 0.4) is 0 Å². The minimum Gasteiger partial charge on any atom is -0.467 e. The molecule has 94 valence electrons. The van der Waals surface area contributed by atoms with E-state index in [9.17, 15) is 0 Å². The van der Waals surface area contributed by atoms with E-state index < -0.39 is 0 Å². The molecule has 2 heterocycles. The lowest BCUT2D eigenvalue weighted by molar-refractivity contribution is 0.0642. The van der Waals surface area contributed by atoms with Crippen molar-refractivity contribution in [3.05, 3.63) is 0 Å². The molecule has 1 aromatic rings. The quantitative estimate of drug-likeness (QED) is 0.801. The van der Waals surface area contributed by atoms with Gasteiger partial charge in [-0.3, -0.25) is 0 Å². The van der Waals surface area contributed by atoms with Crippen LogP contribution < -0.4 is 14.8 Å². The summed E-state index contributed by atoms with van der Waals surface area (Å²) >= 11 is 0. The standard InChI is InChI=1S/C10H16N4O3/c1-11-8-12-9(15-2)14-10(13-8)17-6-7-4-3-5-16-7/h7H,3-6H2,1-2H3,(H,11,12,13,14). The lowest BCUT2D eigenvalue weighted by atomic mass is 10.2. The van der Waals surface area contributed by atoms with Gasteiger partial charge in [-0.25, -0.2) is 0 Å². The number of anilines is 1. The van der Waals surface area contributed by atoms with Crippen LogP contribution in [0.5, 0.6) is 12.0 Å². The predicted octanol–water partition coefficient (Wildman–Crippen LogP) is 0.480. The number of nitrogens with zero attached hydrogens (tertiary/aromatic N) is 3. The van der Waals surface area contributed by atoms with Gasteiger partial charge in [-0.1, -0.05) is 0 Å². The third kappa shape index (κ3) is 3.16. The fraction of sp³-hybridized carbons (Fsp3) is 0.700. The topological polar surface area (TPSA) is 78.4 Å². The van der Waals surface area contributed by atoms with Gasteiger partial charge in [-0.15, -0.1) is 4.98 Å². The molecule has 1 atom stereocenters. The van der Waals surface area contributed by atoms with Gasteiger partial charge in [0.25, 0.3) is 0 Å². The third-order valence-electron chi connectivity index (χ3n) is 2.42. The molecule has 1 fully saturated rings. The predicted molar refractivity (Wildman–Crippen MR) is 60.4 cm³/mol. The first-order valence-electron chi connectivity index (χ1n) is 5.54. The molecular formula is C10H16N4O3. The average molecular weight is 240 g/mol. The molecule has 0 bridgehead atoms. The molecule has 2 rings (SSSR count). The first-order chi connectivity index (χ1) is 8.31. The van der Waals surface area contributed by atoms with Crippen LogP contribution >= 0.6 is 0 Å². The van der Waals surface area contributed by atoms with Crippen molar-refractivity contribution >= 4 is 5.95 Å². The van der Waals surface area contributed by atoms with Crippen LogP contribution in [0.4, 0.5) is 5.95 Å². The molecule has 0 spiro atoms. The monoisotopic (exact) mass is 240 g/mol. The second-order valence-electron chi connectivity index (χ2n) is 3.62. The first-order valence-corrected chi connectivity index (χ1v) is 5.54. The molecule has 1 N–H and O–H groups in total. The maximum absolute atomic E-state index is 5.47. The molecule has 0 saturated carbocycles. The van der Waals surface area contributed by atoms with E-state index in [0.717, 1.165) is 19.4 Å². The molecule has 1 aromatic heterocycles. The molecule has 0 radical (unpaired) electrons. The Bertz CT molecular complexity index is 346. The van der Waals surface area contributed by atoms with E-state index in [-0.39, 0.29) is 18.1 Å². The van der Waals surface area contributed by atoms with Crippen molar-refractivity contribution in [1.29, 1.82) is 0 Å². The molecule has 1 saturated heterocycles. The van der Waals surface area contributed by atoms with Gasteiger partial charge in [0.1, 0.15) is 6.61 Å². The number of hydrogen-bond donors (Lipinski definition) is 1. The third-order valence-corrected chi connectivity index (χ3v) is 2.42. The molecule has 17 heavy (non-hydrogen) atoms. The van der Waals surface area contributed by atoms with E-state index in [0.29, 0.717) is 12.6 Å². The van der Waals surface area contributed by atoms with Crippen molar-refractivity contribution in [3.63, 3.8) is 0 Å². The molecule has 0 aromatic carbocycles. The lowest BCUT2D eigenvalue weighted by Gasteiger charge is -2.10. The van der Waals surface area contributed by atoms with E-state index in [4.69, 9.17) is 14.2 Å². The number of rotatable bonds is 5. The van der Waals surface area contributed by atoms with Crippen molar-refractivity contribution in [2.45, 2.75) is 18.9 Å². The van der Waals surface area contributed by atoms with Crippen LogP contribution in [-0.2, 0) is 4.74 Å². The normalized spacial score (nSPS) is 19.1. The highest BCUT2D eigenvalue weighted by Crippen LogP contribution is 2.15. The van der Waals surface area contributed by atoms with Gasteiger partial charge in [0.05, 0.1) is 13.2 Å². The van der Waals surface area contributed by atoms with Crippen molar-refractivity contribution in [2.75, 3.05) is 32.7 Å². The molecular weight excluding hydrogens is 224 g/mol. The Kier molecular flexibility index (Phi) is 3.92. The van der Waals surface area contributed by atoms with Gasteiger partial charge in [0, 0.05) is 13.7 Å². The van der Waals surface area contributed by atoms with Crippen LogP contribution in [-0.4, -0.2) is 48.4 Å². The van der Waals surface area contributed by atoms with Gasteiger partial charge in [0.2, 0.25) is 5.95 Å². The van der Waals surface area contributed by atoms with Gasteiger partial charge >= 0.3 is 12.0 Å². The number of ether oxygens (including phenoxy) is 3. The SMILES string of the molecule is CNc1nc(OC)nc(OCC2CCCO2)n1. The Morgan fingerprint density at radius 3 is 2.82 bits per heavy atom. The highest BCUT2D eigenvalue weighted by Gasteiger charge is 2.17. The summed E-state index contributed by atoms with van der Waals surface area (Å²) in [6.07, 6.45) is 2.23. The summed E-state index contributed by atoms with van der Waals surface area (Å²) in [5.74, 6) is 0.416. The van der Waals surface area contributed by atoms with Crippen LogP contribution in [0.1, 0.15) is 12.8 Å². The molecule has 0 amide bonds. The summed E-state index contributed by atoms with van der Waals surface area (Å²) in [6, 6.07) is 0.475. The van der Waals surface area contributed by atoms with E-state index in [1.54, 1.807) is 7.05 Å².